The molecule has 2 amide bonds. The topological polar surface area (TPSA) is 79.9 Å². The molecule has 29 heavy (non-hydrogen) atoms. The van der Waals surface area contributed by atoms with Gasteiger partial charge >= 0.3 is 0 Å². The fourth-order valence-corrected chi connectivity index (χ4v) is 3.31. The number of anilines is 1. The first-order valence-corrected chi connectivity index (χ1v) is 9.92. The number of carbonyl (C=O) groups excluding carboxylic acids is 2. The maximum absolute atomic E-state index is 12.9. The molecule has 7 nitrogen and oxygen atoms in total. The van der Waals surface area contributed by atoms with Gasteiger partial charge in [-0.05, 0) is 50.6 Å². The predicted octanol–water partition coefficient (Wildman–Crippen LogP) is 3.36. The molecule has 1 atom stereocenters. The molecule has 2 aromatic carbocycles. The Labute approximate surface area is 170 Å². The van der Waals surface area contributed by atoms with E-state index in [1.54, 1.807) is 19.1 Å². The summed E-state index contributed by atoms with van der Waals surface area (Å²) in [4.78, 5) is 31.6. The molecule has 154 valence electrons. The van der Waals surface area contributed by atoms with Crippen molar-refractivity contribution in [2.75, 3.05) is 31.7 Å². The third-order valence-electron chi connectivity index (χ3n) is 4.71. The third-order valence-corrected chi connectivity index (χ3v) is 4.71. The predicted molar refractivity (Wildman–Crippen MR) is 110 cm³/mol. The van der Waals surface area contributed by atoms with Crippen LogP contribution in [-0.2, 0) is 9.57 Å². The fraction of sp³-hybridized carbons (Fsp3) is 0.364. The van der Waals surface area contributed by atoms with Crippen LogP contribution in [0.5, 0.6) is 0 Å². The highest BCUT2D eigenvalue weighted by molar-refractivity contribution is 5.99. The Morgan fingerprint density at radius 2 is 1.83 bits per heavy atom. The molecule has 2 aromatic rings. The molecule has 0 saturated heterocycles. The number of hydrogen-bond acceptors (Lipinski definition) is 5. The second-order valence-electron chi connectivity index (χ2n) is 6.62. The summed E-state index contributed by atoms with van der Waals surface area (Å²) >= 11 is 0. The molecule has 1 aliphatic heterocycles. The first-order chi connectivity index (χ1) is 14.2. The van der Waals surface area contributed by atoms with Crippen LogP contribution < -0.4 is 10.8 Å². The number of rotatable bonds is 10. The maximum atomic E-state index is 12.9. The molecular formula is C22H27N3O4. The van der Waals surface area contributed by atoms with Crippen LogP contribution in [0.4, 0.5) is 5.69 Å². The monoisotopic (exact) mass is 397 g/mol. The minimum atomic E-state index is -0.294. The Balaban J connectivity index is 1.74. The van der Waals surface area contributed by atoms with Gasteiger partial charge in [-0.1, -0.05) is 18.2 Å². The van der Waals surface area contributed by atoms with Gasteiger partial charge in [-0.25, -0.2) is 5.48 Å². The molecule has 2 N–H and O–H groups in total. The van der Waals surface area contributed by atoms with Crippen molar-refractivity contribution in [1.29, 1.82) is 0 Å². The molecule has 3 rings (SSSR count). The van der Waals surface area contributed by atoms with E-state index in [4.69, 9.17) is 9.57 Å². The second-order valence-corrected chi connectivity index (χ2v) is 6.62. The summed E-state index contributed by atoms with van der Waals surface area (Å²) in [5.41, 5.74) is 5.37. The van der Waals surface area contributed by atoms with Crippen LogP contribution in [0.2, 0.25) is 0 Å². The summed E-state index contributed by atoms with van der Waals surface area (Å²) in [6.45, 7) is 6.04. The van der Waals surface area contributed by atoms with Gasteiger partial charge in [0.2, 0.25) is 0 Å². The zero-order valence-corrected chi connectivity index (χ0v) is 16.8. The lowest BCUT2D eigenvalue weighted by molar-refractivity contribution is 0.0364. The Kier molecular flexibility index (Phi) is 7.21. The van der Waals surface area contributed by atoms with E-state index in [9.17, 15) is 9.59 Å². The maximum Gasteiger partial charge on any atom is 0.274 e. The fourth-order valence-electron chi connectivity index (χ4n) is 3.31. The molecular weight excluding hydrogens is 370 g/mol. The van der Waals surface area contributed by atoms with Crippen LogP contribution in [-0.4, -0.2) is 43.1 Å². The molecule has 0 radical (unpaired) electrons. The highest BCUT2D eigenvalue weighted by Crippen LogP contribution is 2.34. The first kappa shape index (κ1) is 20.8. The molecule has 1 unspecified atom stereocenters. The van der Waals surface area contributed by atoms with Gasteiger partial charge in [-0.2, -0.15) is 0 Å². The smallest absolute Gasteiger partial charge is 0.274 e. The zero-order valence-electron chi connectivity index (χ0n) is 16.8. The number of amides is 2. The largest absolute Gasteiger partial charge is 0.382 e. The van der Waals surface area contributed by atoms with Crippen molar-refractivity contribution >= 4 is 17.5 Å². The van der Waals surface area contributed by atoms with Crippen molar-refractivity contribution in [2.24, 2.45) is 0 Å². The van der Waals surface area contributed by atoms with Gasteiger partial charge in [0.05, 0.1) is 6.61 Å². The molecule has 1 aliphatic rings. The number of ether oxygens (including phenoxy) is 1. The Morgan fingerprint density at radius 3 is 2.55 bits per heavy atom. The van der Waals surface area contributed by atoms with Gasteiger partial charge in [0.15, 0.2) is 0 Å². The van der Waals surface area contributed by atoms with Gasteiger partial charge in [0, 0.05) is 42.1 Å². The summed E-state index contributed by atoms with van der Waals surface area (Å²) in [7, 11) is 0. The van der Waals surface area contributed by atoms with Crippen molar-refractivity contribution in [3.05, 3.63) is 65.2 Å². The SMILES string of the molecule is CCOCCCN1C(=O)c2ccccc2C1Nc1ccc(C(=O)NOCC)cc1. The third kappa shape index (κ3) is 4.93. The van der Waals surface area contributed by atoms with Gasteiger partial charge in [-0.3, -0.25) is 14.4 Å². The van der Waals surface area contributed by atoms with E-state index in [0.29, 0.717) is 37.5 Å². The van der Waals surface area contributed by atoms with Crippen LogP contribution in [0, 0.1) is 0 Å². The van der Waals surface area contributed by atoms with Crippen LogP contribution >= 0.6 is 0 Å². The van der Waals surface area contributed by atoms with E-state index >= 15 is 0 Å². The average molecular weight is 397 g/mol. The molecule has 0 spiro atoms. The average Bonchev–Trinajstić information content (AvgIpc) is 3.01. The Hall–Kier alpha value is -2.90. The number of carbonyl (C=O) groups is 2. The second kappa shape index (κ2) is 10.0. The lowest BCUT2D eigenvalue weighted by Crippen LogP contribution is -2.33. The highest BCUT2D eigenvalue weighted by atomic mass is 16.6. The molecule has 0 fully saturated rings. The van der Waals surface area contributed by atoms with Gasteiger partial charge in [-0.15, -0.1) is 0 Å². The van der Waals surface area contributed by atoms with E-state index in [0.717, 1.165) is 17.7 Å². The Bertz CT molecular complexity index is 838. The van der Waals surface area contributed by atoms with Crippen LogP contribution in [0.3, 0.4) is 0 Å². The van der Waals surface area contributed by atoms with E-state index in [1.807, 2.05) is 48.2 Å². The van der Waals surface area contributed by atoms with E-state index in [2.05, 4.69) is 10.8 Å². The van der Waals surface area contributed by atoms with E-state index in [1.165, 1.54) is 0 Å². The minimum Gasteiger partial charge on any atom is -0.382 e. The summed E-state index contributed by atoms with van der Waals surface area (Å²) < 4.78 is 5.42. The lowest BCUT2D eigenvalue weighted by atomic mass is 10.1. The van der Waals surface area contributed by atoms with Gasteiger partial charge in [0.1, 0.15) is 6.17 Å². The quantitative estimate of drug-likeness (QED) is 0.475. The van der Waals surface area contributed by atoms with Crippen molar-refractivity contribution in [3.8, 4) is 0 Å². The summed E-state index contributed by atoms with van der Waals surface area (Å²) in [5.74, 6) is -0.278. The molecule has 0 aromatic heterocycles. The van der Waals surface area contributed by atoms with Gasteiger partial charge < -0.3 is 15.0 Å². The number of nitrogens with zero attached hydrogens (tertiary/aromatic N) is 1. The number of fused-ring (bicyclic) bond motifs is 1. The van der Waals surface area contributed by atoms with Crippen molar-refractivity contribution < 1.29 is 19.2 Å². The first-order valence-electron chi connectivity index (χ1n) is 9.92. The molecule has 7 heteroatoms. The van der Waals surface area contributed by atoms with Crippen LogP contribution in [0.1, 0.15) is 52.7 Å². The standard InChI is InChI=1S/C22H27N3O4/c1-3-28-15-7-14-25-20(18-8-5-6-9-19(18)22(25)27)23-17-12-10-16(11-13-17)21(26)24-29-4-2/h5-6,8-13,20,23H,3-4,7,14-15H2,1-2H3,(H,24,26). The molecule has 1 heterocycles. The zero-order chi connectivity index (χ0) is 20.6. The van der Waals surface area contributed by atoms with Crippen molar-refractivity contribution in [3.63, 3.8) is 0 Å². The van der Waals surface area contributed by atoms with Gasteiger partial charge in [0.25, 0.3) is 11.8 Å². The normalized spacial score (nSPS) is 15.3. The van der Waals surface area contributed by atoms with E-state index in [-0.39, 0.29) is 18.0 Å². The molecule has 0 bridgehead atoms. The minimum absolute atomic E-state index is 0.0160. The summed E-state index contributed by atoms with van der Waals surface area (Å²) in [6.07, 6.45) is 0.505. The summed E-state index contributed by atoms with van der Waals surface area (Å²) in [6, 6.07) is 14.7. The molecule has 0 aliphatic carbocycles. The van der Waals surface area contributed by atoms with Crippen LogP contribution in [0.15, 0.2) is 48.5 Å². The molecule has 0 saturated carbocycles. The number of hydrogen-bond donors (Lipinski definition) is 2. The van der Waals surface area contributed by atoms with Crippen LogP contribution in [0.25, 0.3) is 0 Å². The van der Waals surface area contributed by atoms with Crippen molar-refractivity contribution in [2.45, 2.75) is 26.4 Å². The number of nitrogens with one attached hydrogen (secondary N) is 2. The highest BCUT2D eigenvalue weighted by Gasteiger charge is 2.35. The Morgan fingerprint density at radius 1 is 1.07 bits per heavy atom. The number of benzene rings is 2. The van der Waals surface area contributed by atoms with Crippen molar-refractivity contribution in [1.82, 2.24) is 10.4 Å². The summed E-state index contributed by atoms with van der Waals surface area (Å²) in [5, 5.41) is 3.43. The van der Waals surface area contributed by atoms with E-state index < -0.39 is 0 Å². The lowest BCUT2D eigenvalue weighted by Gasteiger charge is -2.27. The number of hydroxylamine groups is 1.